The Morgan fingerprint density at radius 1 is 0.566 bits per heavy atom. The lowest BCUT2D eigenvalue weighted by molar-refractivity contribution is -0.142. The highest BCUT2D eigenvalue weighted by atomic mass is 16.4. The Bertz CT molecular complexity index is 2220. The van der Waals surface area contributed by atoms with E-state index in [0.717, 1.165) is 13.8 Å². The molecule has 10 amide bonds. The molecule has 0 saturated carbocycles. The summed E-state index contributed by atoms with van der Waals surface area (Å²) in [7, 11) is 0. The van der Waals surface area contributed by atoms with Crippen LogP contribution in [0.5, 0.6) is 5.75 Å². The number of aliphatic hydroxyl groups is 3. The zero-order chi connectivity index (χ0) is 57.6. The number of phenols is 1. The standard InChI is InChI=1S/C47H73N11O18/c1-21(2)14-28(53-43(71)31(18-36(64)65)51-38(66)23(5)50-46(74)37(24(6)61)58-45(73)34(20-60)56-39(67)27-8-7-13-49-27)40(68)52-29(15-22(3)4)41(69)57-33(19-59)44(72)54-30(17-35(48)63)42(70)55-32(47(75)76)16-25-9-11-26(62)12-10-25/h9-12,21-24,27-34,37,49,59-62H,7-8,13-20H2,1-6H3,(H2,48,63)(H,50,74)(H,51,66)(H,52,68)(H,53,71)(H,54,72)(H,55,70)(H,56,67)(H,57,69)(H,58,73)(H,64,65)(H,75,76)/t23-,24+,27-,28-,29-,30-,31-,32-,33-,34-,37-/m0/s1. The van der Waals surface area contributed by atoms with Crippen molar-refractivity contribution >= 4 is 71.0 Å². The minimum absolute atomic E-state index is 0.104. The maximum Gasteiger partial charge on any atom is 0.326 e. The Hall–Kier alpha value is -7.50. The van der Waals surface area contributed by atoms with E-state index in [1.165, 1.54) is 24.3 Å². The lowest BCUT2D eigenvalue weighted by Gasteiger charge is -2.28. The van der Waals surface area contributed by atoms with Crippen molar-refractivity contribution < 1.29 is 88.2 Å². The van der Waals surface area contributed by atoms with Gasteiger partial charge in [-0.05, 0) is 75.6 Å². The maximum atomic E-state index is 13.9. The summed E-state index contributed by atoms with van der Waals surface area (Å²) in [6.45, 7) is 7.51. The van der Waals surface area contributed by atoms with E-state index in [1.54, 1.807) is 27.7 Å². The number of hydrogen-bond donors (Lipinski definition) is 17. The lowest BCUT2D eigenvalue weighted by atomic mass is 9.99. The van der Waals surface area contributed by atoms with E-state index in [2.05, 4.69) is 53.2 Å². The molecule has 1 aliphatic heterocycles. The number of carboxylic acid groups (broad SMARTS) is 2. The van der Waals surface area contributed by atoms with Gasteiger partial charge in [-0.15, -0.1) is 0 Å². The number of rotatable bonds is 32. The molecule has 29 heteroatoms. The predicted octanol–water partition coefficient (Wildman–Crippen LogP) is -6.04. The van der Waals surface area contributed by atoms with E-state index >= 15 is 0 Å². The number of aliphatic carboxylic acids is 2. The number of phenolic OH excluding ortho intramolecular Hbond substituents is 1. The summed E-state index contributed by atoms with van der Waals surface area (Å²) in [5.74, 6) is -14.5. The van der Waals surface area contributed by atoms with Crippen molar-refractivity contribution in [2.24, 2.45) is 17.6 Å². The van der Waals surface area contributed by atoms with E-state index in [1.807, 2.05) is 0 Å². The highest BCUT2D eigenvalue weighted by molar-refractivity contribution is 5.99. The van der Waals surface area contributed by atoms with Gasteiger partial charge < -0.3 is 89.5 Å². The minimum atomic E-state index is -1.89. The molecule has 11 atom stereocenters. The van der Waals surface area contributed by atoms with E-state index in [0.29, 0.717) is 24.9 Å². The molecule has 0 unspecified atom stereocenters. The zero-order valence-electron chi connectivity index (χ0n) is 43.0. The highest BCUT2D eigenvalue weighted by Crippen LogP contribution is 2.14. The van der Waals surface area contributed by atoms with Gasteiger partial charge in [-0.1, -0.05) is 39.8 Å². The summed E-state index contributed by atoms with van der Waals surface area (Å²) in [6.07, 6.45) is -2.82. The number of nitrogens with one attached hydrogen (secondary N) is 10. The molecule has 1 aliphatic rings. The van der Waals surface area contributed by atoms with Crippen LogP contribution in [0.25, 0.3) is 0 Å². The molecular formula is C47H73N11O18. The van der Waals surface area contributed by atoms with Gasteiger partial charge in [0.1, 0.15) is 60.1 Å². The van der Waals surface area contributed by atoms with Gasteiger partial charge in [-0.2, -0.15) is 0 Å². The first-order valence-electron chi connectivity index (χ1n) is 24.4. The Labute approximate surface area is 437 Å². The van der Waals surface area contributed by atoms with Gasteiger partial charge >= 0.3 is 11.9 Å². The fourth-order valence-corrected chi connectivity index (χ4v) is 7.52. The molecule has 1 aromatic rings. The fourth-order valence-electron chi connectivity index (χ4n) is 7.52. The van der Waals surface area contributed by atoms with Crippen LogP contribution in [0.2, 0.25) is 0 Å². The first-order chi connectivity index (χ1) is 35.6. The van der Waals surface area contributed by atoms with Crippen LogP contribution in [-0.4, -0.2) is 188 Å². The van der Waals surface area contributed by atoms with Crippen molar-refractivity contribution in [3.8, 4) is 5.75 Å². The number of primary amides is 1. The average Bonchev–Trinajstić information content (AvgIpc) is 3.88. The largest absolute Gasteiger partial charge is 0.508 e. The van der Waals surface area contributed by atoms with Crippen LogP contribution in [0, 0.1) is 11.8 Å². The fraction of sp³-hybridized carbons (Fsp3) is 0.617. The topological polar surface area (TPSA) is 473 Å². The molecule has 0 spiro atoms. The Balaban J connectivity index is 2.22. The van der Waals surface area contributed by atoms with Crippen LogP contribution in [0.15, 0.2) is 24.3 Å². The average molecular weight is 1080 g/mol. The summed E-state index contributed by atoms with van der Waals surface area (Å²) in [4.78, 5) is 156. The molecule has 76 heavy (non-hydrogen) atoms. The van der Waals surface area contributed by atoms with Gasteiger partial charge in [0.25, 0.3) is 0 Å². The van der Waals surface area contributed by atoms with Crippen molar-refractivity contribution in [1.82, 2.24) is 53.2 Å². The van der Waals surface area contributed by atoms with E-state index in [9.17, 15) is 88.2 Å². The predicted molar refractivity (Wildman–Crippen MR) is 264 cm³/mol. The quantitative estimate of drug-likeness (QED) is 0.0319. The van der Waals surface area contributed by atoms with Crippen molar-refractivity contribution in [3.05, 3.63) is 29.8 Å². The van der Waals surface area contributed by atoms with Crippen LogP contribution in [0.3, 0.4) is 0 Å². The number of aliphatic hydroxyl groups excluding tert-OH is 3. The van der Waals surface area contributed by atoms with Crippen LogP contribution in [-0.2, 0) is 64.0 Å². The van der Waals surface area contributed by atoms with Crippen LogP contribution in [0.1, 0.15) is 85.6 Å². The Morgan fingerprint density at radius 2 is 1.00 bits per heavy atom. The smallest absolute Gasteiger partial charge is 0.326 e. The number of carboxylic acids is 2. The molecule has 0 bridgehead atoms. The monoisotopic (exact) mass is 1080 g/mol. The molecule has 0 aliphatic carbocycles. The van der Waals surface area contributed by atoms with Crippen LogP contribution >= 0.6 is 0 Å². The second-order valence-electron chi connectivity index (χ2n) is 19.1. The summed E-state index contributed by atoms with van der Waals surface area (Å²) in [5.41, 5.74) is 5.69. The van der Waals surface area contributed by atoms with Gasteiger partial charge in [0.15, 0.2) is 0 Å². The van der Waals surface area contributed by atoms with Gasteiger partial charge in [0.2, 0.25) is 59.1 Å². The number of amides is 10. The summed E-state index contributed by atoms with van der Waals surface area (Å²) in [6, 6.07) is -10.2. The maximum absolute atomic E-state index is 13.9. The molecule has 1 fully saturated rings. The summed E-state index contributed by atoms with van der Waals surface area (Å²) in [5, 5.41) is 82.8. The molecule has 2 rings (SSSR count). The molecule has 0 radical (unpaired) electrons. The molecule has 0 aromatic heterocycles. The van der Waals surface area contributed by atoms with Crippen molar-refractivity contribution in [2.75, 3.05) is 19.8 Å². The zero-order valence-corrected chi connectivity index (χ0v) is 43.0. The van der Waals surface area contributed by atoms with Crippen molar-refractivity contribution in [2.45, 2.75) is 153 Å². The molecule has 18 N–H and O–H groups in total. The summed E-state index contributed by atoms with van der Waals surface area (Å²) < 4.78 is 0. The van der Waals surface area contributed by atoms with E-state index in [4.69, 9.17) is 5.73 Å². The van der Waals surface area contributed by atoms with Crippen LogP contribution in [0.4, 0.5) is 0 Å². The van der Waals surface area contributed by atoms with E-state index in [-0.39, 0.29) is 36.8 Å². The van der Waals surface area contributed by atoms with Gasteiger partial charge in [-0.25, -0.2) is 4.79 Å². The molecule has 1 heterocycles. The van der Waals surface area contributed by atoms with Gasteiger partial charge in [0.05, 0.1) is 38.2 Å². The van der Waals surface area contributed by atoms with Crippen molar-refractivity contribution in [1.29, 1.82) is 0 Å². The number of benzene rings is 1. The molecule has 1 aromatic carbocycles. The molecule has 1 saturated heterocycles. The van der Waals surface area contributed by atoms with E-state index < -0.39 is 164 Å². The molecular weight excluding hydrogens is 1010 g/mol. The second kappa shape index (κ2) is 31.4. The van der Waals surface area contributed by atoms with Crippen LogP contribution < -0.4 is 58.9 Å². The number of carbonyl (C=O) groups is 12. The second-order valence-corrected chi connectivity index (χ2v) is 19.1. The van der Waals surface area contributed by atoms with Gasteiger partial charge in [-0.3, -0.25) is 52.7 Å². The Kier molecular flexibility index (Phi) is 26.7. The molecule has 29 nitrogen and oxygen atoms in total. The van der Waals surface area contributed by atoms with Crippen molar-refractivity contribution in [3.63, 3.8) is 0 Å². The lowest BCUT2D eigenvalue weighted by Crippen LogP contribution is -2.62. The van der Waals surface area contributed by atoms with Gasteiger partial charge in [0, 0.05) is 6.42 Å². The minimum Gasteiger partial charge on any atom is -0.508 e. The normalized spacial score (nSPS) is 17.1. The third kappa shape index (κ3) is 22.1. The third-order valence-corrected chi connectivity index (χ3v) is 11.5. The number of nitrogens with two attached hydrogens (primary N) is 1. The SMILES string of the molecule is CC(C)C[C@H](NC(=O)[C@H](CC(=O)O)NC(=O)[C@H](C)NC(=O)[C@@H](NC(=O)[C@H](CO)NC(=O)[C@@H]1CCCN1)[C@@H](C)O)C(=O)N[C@@H](CC(C)C)C(=O)N[C@@H](CO)C(=O)N[C@@H](CC(N)=O)C(=O)N[C@@H](Cc1ccc(O)cc1)C(=O)O. The summed E-state index contributed by atoms with van der Waals surface area (Å²) >= 11 is 0. The first kappa shape index (κ1) is 64.6. The first-order valence-corrected chi connectivity index (χ1v) is 24.4. The Morgan fingerprint density at radius 3 is 1.45 bits per heavy atom. The number of carbonyl (C=O) groups excluding carboxylic acids is 10. The third-order valence-electron chi connectivity index (χ3n) is 11.5. The number of hydrogen-bond acceptors (Lipinski definition) is 17. The molecule has 424 valence electrons. The number of aromatic hydroxyl groups is 1. The highest BCUT2D eigenvalue weighted by Gasteiger charge is 2.37.